The van der Waals surface area contributed by atoms with E-state index in [1.807, 2.05) is 32.0 Å². The van der Waals surface area contributed by atoms with Gasteiger partial charge in [0.15, 0.2) is 5.75 Å². The quantitative estimate of drug-likeness (QED) is 0.383. The lowest BCUT2D eigenvalue weighted by molar-refractivity contribution is -0.112. The van der Waals surface area contributed by atoms with E-state index in [2.05, 4.69) is 11.9 Å². The molecule has 0 saturated carbocycles. The lowest BCUT2D eigenvalue weighted by atomic mass is 10.1. The van der Waals surface area contributed by atoms with Crippen molar-refractivity contribution in [2.75, 3.05) is 11.9 Å². The highest BCUT2D eigenvalue weighted by atomic mass is 35.5. The molecule has 138 valence electrons. The number of ether oxygens (including phenoxy) is 1. The van der Waals surface area contributed by atoms with Gasteiger partial charge in [-0.2, -0.15) is 5.26 Å². The number of aryl methyl sites for hydroxylation is 1. The highest BCUT2D eigenvalue weighted by Gasteiger charge is 2.14. The van der Waals surface area contributed by atoms with E-state index in [0.717, 1.165) is 11.1 Å². The first-order chi connectivity index (χ1) is 12.9. The number of halogens is 2. The number of hydrogen-bond acceptors (Lipinski definition) is 3. The van der Waals surface area contributed by atoms with Crippen molar-refractivity contribution in [2.45, 2.75) is 13.8 Å². The molecule has 2 aromatic rings. The molecule has 0 fully saturated rings. The Bertz CT molecular complexity index is 936. The van der Waals surface area contributed by atoms with Crippen LogP contribution in [-0.4, -0.2) is 12.5 Å². The first-order valence-electron chi connectivity index (χ1n) is 8.09. The maximum absolute atomic E-state index is 12.5. The van der Waals surface area contributed by atoms with Crippen molar-refractivity contribution in [1.82, 2.24) is 0 Å². The van der Waals surface area contributed by atoms with Crippen LogP contribution in [0.15, 0.2) is 48.6 Å². The van der Waals surface area contributed by atoms with E-state index in [0.29, 0.717) is 17.0 Å². The average Bonchev–Trinajstić information content (AvgIpc) is 2.62. The van der Waals surface area contributed by atoms with E-state index in [1.54, 1.807) is 24.3 Å². The topological polar surface area (TPSA) is 62.1 Å². The molecule has 0 aliphatic carbocycles. The van der Waals surface area contributed by atoms with Crippen molar-refractivity contribution in [3.63, 3.8) is 0 Å². The number of nitrogens with zero attached hydrogens (tertiary/aromatic N) is 1. The minimum atomic E-state index is -0.509. The van der Waals surface area contributed by atoms with Gasteiger partial charge in [-0.1, -0.05) is 48.0 Å². The number of anilines is 1. The predicted octanol–water partition coefficient (Wildman–Crippen LogP) is 5.72. The van der Waals surface area contributed by atoms with E-state index in [4.69, 9.17) is 27.9 Å². The second-order valence-electron chi connectivity index (χ2n) is 5.78. The third-order valence-electron chi connectivity index (χ3n) is 3.90. The first kappa shape index (κ1) is 20.6. The van der Waals surface area contributed by atoms with Crippen LogP contribution >= 0.6 is 23.2 Å². The van der Waals surface area contributed by atoms with Crippen molar-refractivity contribution in [3.05, 3.63) is 75.3 Å². The molecule has 0 aliphatic heterocycles. The summed E-state index contributed by atoms with van der Waals surface area (Å²) in [5, 5.41) is 12.7. The summed E-state index contributed by atoms with van der Waals surface area (Å²) in [4.78, 5) is 12.5. The van der Waals surface area contributed by atoms with E-state index in [-0.39, 0.29) is 22.2 Å². The minimum absolute atomic E-state index is 0.0669. The Kier molecular flexibility index (Phi) is 7.06. The van der Waals surface area contributed by atoms with Crippen LogP contribution in [-0.2, 0) is 4.79 Å². The van der Waals surface area contributed by atoms with Crippen LogP contribution in [0.3, 0.4) is 0 Å². The molecule has 0 atom stereocenters. The second kappa shape index (κ2) is 9.27. The Morgan fingerprint density at radius 2 is 1.96 bits per heavy atom. The summed E-state index contributed by atoms with van der Waals surface area (Å²) in [6.07, 6.45) is 3.00. The number of rotatable bonds is 6. The number of nitriles is 1. The molecule has 0 spiro atoms. The van der Waals surface area contributed by atoms with Gasteiger partial charge in [-0.25, -0.2) is 0 Å². The monoisotopic (exact) mass is 400 g/mol. The van der Waals surface area contributed by atoms with Crippen molar-refractivity contribution < 1.29 is 9.53 Å². The van der Waals surface area contributed by atoms with Gasteiger partial charge in [-0.3, -0.25) is 4.79 Å². The zero-order valence-electron chi connectivity index (χ0n) is 15.0. The lowest BCUT2D eigenvalue weighted by Crippen LogP contribution is -2.14. The predicted molar refractivity (Wildman–Crippen MR) is 110 cm³/mol. The molecule has 0 bridgehead atoms. The Balaban J connectivity index is 2.30. The maximum Gasteiger partial charge on any atom is 0.266 e. The molecule has 0 radical (unpaired) electrons. The molecule has 0 heterocycles. The summed E-state index contributed by atoms with van der Waals surface area (Å²) in [6.45, 7) is 7.68. The smallest absolute Gasteiger partial charge is 0.266 e. The fourth-order valence-corrected chi connectivity index (χ4v) is 2.95. The van der Waals surface area contributed by atoms with Crippen molar-refractivity contribution in [2.24, 2.45) is 0 Å². The molecule has 0 aliphatic rings. The third-order valence-corrected chi connectivity index (χ3v) is 4.46. The molecule has 2 aromatic carbocycles. The normalized spacial score (nSPS) is 10.9. The lowest BCUT2D eigenvalue weighted by Gasteiger charge is -2.11. The number of nitrogens with one attached hydrogen (secondary N) is 1. The van der Waals surface area contributed by atoms with Crippen LogP contribution in [0.5, 0.6) is 5.75 Å². The van der Waals surface area contributed by atoms with E-state index < -0.39 is 5.91 Å². The van der Waals surface area contributed by atoms with Gasteiger partial charge in [0.1, 0.15) is 18.2 Å². The fraction of sp³-hybridized carbons (Fsp3) is 0.143. The number of amides is 1. The van der Waals surface area contributed by atoms with Gasteiger partial charge in [0.05, 0.1) is 10.0 Å². The van der Waals surface area contributed by atoms with Crippen LogP contribution in [0.1, 0.15) is 16.7 Å². The Morgan fingerprint density at radius 1 is 1.30 bits per heavy atom. The van der Waals surface area contributed by atoms with Crippen LogP contribution < -0.4 is 10.1 Å². The highest BCUT2D eigenvalue weighted by molar-refractivity contribution is 6.37. The van der Waals surface area contributed by atoms with Gasteiger partial charge in [0, 0.05) is 5.69 Å². The number of benzene rings is 2. The molecule has 6 heteroatoms. The molecular formula is C21H18Cl2N2O2. The summed E-state index contributed by atoms with van der Waals surface area (Å²) in [5.74, 6) is -0.181. The zero-order chi connectivity index (χ0) is 20.0. The Hall–Kier alpha value is -2.74. The SMILES string of the molecule is C=CCOc1c(Cl)cc(/C=C(\C#N)C(=O)Nc2cccc(C)c2C)cc1Cl. The third kappa shape index (κ3) is 5.13. The van der Waals surface area contributed by atoms with Gasteiger partial charge >= 0.3 is 0 Å². The second-order valence-corrected chi connectivity index (χ2v) is 6.60. The molecular weight excluding hydrogens is 383 g/mol. The van der Waals surface area contributed by atoms with Gasteiger partial charge in [0.2, 0.25) is 0 Å². The minimum Gasteiger partial charge on any atom is -0.486 e. The number of hydrogen-bond donors (Lipinski definition) is 1. The maximum atomic E-state index is 12.5. The van der Waals surface area contributed by atoms with E-state index >= 15 is 0 Å². The molecule has 27 heavy (non-hydrogen) atoms. The van der Waals surface area contributed by atoms with Crippen LogP contribution in [0.25, 0.3) is 6.08 Å². The standard InChI is InChI=1S/C21H18Cl2N2O2/c1-4-8-27-20-17(22)10-15(11-18(20)23)9-16(12-24)21(26)25-19-7-5-6-13(2)14(19)3/h4-7,9-11H,1,8H2,2-3H3,(H,25,26)/b16-9+. The first-order valence-corrected chi connectivity index (χ1v) is 8.85. The molecule has 1 amide bonds. The van der Waals surface area contributed by atoms with Crippen LogP contribution in [0.4, 0.5) is 5.69 Å². The fourth-order valence-electron chi connectivity index (χ4n) is 2.33. The van der Waals surface area contributed by atoms with Gasteiger partial charge < -0.3 is 10.1 Å². The zero-order valence-corrected chi connectivity index (χ0v) is 16.5. The largest absolute Gasteiger partial charge is 0.486 e. The van der Waals surface area contributed by atoms with Crippen LogP contribution in [0.2, 0.25) is 10.0 Å². The molecule has 0 aromatic heterocycles. The highest BCUT2D eigenvalue weighted by Crippen LogP contribution is 2.35. The van der Waals surface area contributed by atoms with Crippen molar-refractivity contribution >= 4 is 40.9 Å². The Morgan fingerprint density at radius 3 is 2.56 bits per heavy atom. The molecule has 4 nitrogen and oxygen atoms in total. The van der Waals surface area contributed by atoms with Gasteiger partial charge in [-0.15, -0.1) is 0 Å². The summed E-state index contributed by atoms with van der Waals surface area (Å²) in [5.41, 5.74) is 3.10. The summed E-state index contributed by atoms with van der Waals surface area (Å²) in [6, 6.07) is 10.6. The molecule has 2 rings (SSSR count). The van der Waals surface area contributed by atoms with Gasteiger partial charge in [0.25, 0.3) is 5.91 Å². The summed E-state index contributed by atoms with van der Waals surface area (Å²) in [7, 11) is 0. The van der Waals surface area contributed by atoms with Crippen LogP contribution in [0, 0.1) is 25.2 Å². The average molecular weight is 401 g/mol. The summed E-state index contributed by atoms with van der Waals surface area (Å²) >= 11 is 12.4. The van der Waals surface area contributed by atoms with Crippen molar-refractivity contribution in [3.8, 4) is 11.8 Å². The number of carbonyl (C=O) groups is 1. The molecule has 0 saturated heterocycles. The summed E-state index contributed by atoms with van der Waals surface area (Å²) < 4.78 is 5.41. The van der Waals surface area contributed by atoms with Crippen molar-refractivity contribution in [1.29, 1.82) is 5.26 Å². The molecule has 1 N–H and O–H groups in total. The Labute approximate surface area is 168 Å². The van der Waals surface area contributed by atoms with E-state index in [1.165, 1.54) is 6.08 Å². The molecule has 0 unspecified atom stereocenters. The van der Waals surface area contributed by atoms with Gasteiger partial charge in [-0.05, 0) is 54.8 Å². The van der Waals surface area contributed by atoms with E-state index in [9.17, 15) is 10.1 Å². The number of carbonyl (C=O) groups excluding carboxylic acids is 1.